The molecule has 0 amide bonds. The second-order valence-electron chi connectivity index (χ2n) is 7.97. The lowest BCUT2D eigenvalue weighted by Gasteiger charge is -2.67. The number of ketones is 1. The van der Waals surface area contributed by atoms with Crippen molar-refractivity contribution in [2.45, 2.75) is 64.0 Å². The molecule has 2 aliphatic heterocycles. The molecule has 2 heterocycles. The van der Waals surface area contributed by atoms with Crippen LogP contribution in [-0.4, -0.2) is 41.4 Å². The molecule has 0 N–H and O–H groups in total. The molecule has 22 heavy (non-hydrogen) atoms. The quantitative estimate of drug-likeness (QED) is 0.698. The predicted octanol–water partition coefficient (Wildman–Crippen LogP) is 2.41. The van der Waals surface area contributed by atoms with Crippen LogP contribution in [0.15, 0.2) is 0 Å². The standard InChI is InChI=1S/C18H27NO3/c1-11-10-18-14-5-3-7-19(18)8-4-6-15(18)16(22-12(2)20)9-13(14)17(11)21/h11,13-16H,3-10H2,1-2H3. The highest BCUT2D eigenvalue weighted by Crippen LogP contribution is 2.59. The van der Waals surface area contributed by atoms with Crippen LogP contribution >= 0.6 is 0 Å². The number of esters is 1. The lowest BCUT2D eigenvalue weighted by atomic mass is 9.48. The van der Waals surface area contributed by atoms with Crippen LogP contribution in [0.25, 0.3) is 0 Å². The van der Waals surface area contributed by atoms with E-state index in [0.717, 1.165) is 32.4 Å². The molecule has 4 nitrogen and oxygen atoms in total. The van der Waals surface area contributed by atoms with Gasteiger partial charge in [0.1, 0.15) is 11.9 Å². The first-order chi connectivity index (χ1) is 10.5. The van der Waals surface area contributed by atoms with Gasteiger partial charge in [0, 0.05) is 30.2 Å². The fourth-order valence-corrected chi connectivity index (χ4v) is 6.46. The van der Waals surface area contributed by atoms with Gasteiger partial charge in [0.15, 0.2) is 0 Å². The molecule has 0 radical (unpaired) electrons. The zero-order chi connectivity index (χ0) is 15.5. The fraction of sp³-hybridized carbons (Fsp3) is 0.889. The highest BCUT2D eigenvalue weighted by Gasteiger charge is 2.65. The van der Waals surface area contributed by atoms with Gasteiger partial charge < -0.3 is 4.74 Å². The van der Waals surface area contributed by atoms with Gasteiger partial charge in [0.2, 0.25) is 0 Å². The average Bonchev–Trinajstić information content (AvgIpc) is 2.47. The van der Waals surface area contributed by atoms with Crippen molar-refractivity contribution in [3.63, 3.8) is 0 Å². The first kappa shape index (κ1) is 14.7. The monoisotopic (exact) mass is 305 g/mol. The van der Waals surface area contributed by atoms with E-state index in [1.165, 1.54) is 26.2 Å². The summed E-state index contributed by atoms with van der Waals surface area (Å²) in [5.41, 5.74) is 0.132. The fourth-order valence-electron chi connectivity index (χ4n) is 6.46. The minimum Gasteiger partial charge on any atom is -0.462 e. The smallest absolute Gasteiger partial charge is 0.302 e. The summed E-state index contributed by atoms with van der Waals surface area (Å²) >= 11 is 0. The van der Waals surface area contributed by atoms with Crippen molar-refractivity contribution in [1.29, 1.82) is 0 Å². The molecule has 2 saturated carbocycles. The van der Waals surface area contributed by atoms with E-state index in [0.29, 0.717) is 17.6 Å². The Kier molecular flexibility index (Phi) is 3.37. The van der Waals surface area contributed by atoms with E-state index in [2.05, 4.69) is 11.8 Å². The van der Waals surface area contributed by atoms with Gasteiger partial charge in [0.25, 0.3) is 0 Å². The molecule has 0 aromatic carbocycles. The maximum atomic E-state index is 12.8. The van der Waals surface area contributed by atoms with Gasteiger partial charge >= 0.3 is 5.97 Å². The maximum Gasteiger partial charge on any atom is 0.302 e. The van der Waals surface area contributed by atoms with Gasteiger partial charge in [0.05, 0.1) is 0 Å². The summed E-state index contributed by atoms with van der Waals surface area (Å²) in [4.78, 5) is 27.0. The van der Waals surface area contributed by atoms with Gasteiger partial charge in [-0.1, -0.05) is 6.92 Å². The van der Waals surface area contributed by atoms with Crippen molar-refractivity contribution >= 4 is 11.8 Å². The highest BCUT2D eigenvalue weighted by molar-refractivity contribution is 5.85. The predicted molar refractivity (Wildman–Crippen MR) is 82.2 cm³/mol. The minimum absolute atomic E-state index is 0.0453. The molecule has 6 unspecified atom stereocenters. The van der Waals surface area contributed by atoms with Gasteiger partial charge in [-0.3, -0.25) is 14.5 Å². The molecule has 6 atom stereocenters. The Morgan fingerprint density at radius 1 is 1.23 bits per heavy atom. The number of ether oxygens (including phenoxy) is 1. The minimum atomic E-state index is -0.189. The van der Waals surface area contributed by atoms with Crippen molar-refractivity contribution in [2.24, 2.45) is 23.7 Å². The molecule has 2 aliphatic carbocycles. The Bertz CT molecular complexity index is 503. The van der Waals surface area contributed by atoms with Crippen LogP contribution in [0.2, 0.25) is 0 Å². The third-order valence-electron chi connectivity index (χ3n) is 6.98. The van der Waals surface area contributed by atoms with E-state index >= 15 is 0 Å². The summed E-state index contributed by atoms with van der Waals surface area (Å²) in [6.07, 6.45) is 6.46. The van der Waals surface area contributed by atoms with Crippen molar-refractivity contribution in [1.82, 2.24) is 4.90 Å². The first-order valence-corrected chi connectivity index (χ1v) is 9.00. The number of carbonyl (C=O) groups excluding carboxylic acids is 2. The second-order valence-corrected chi connectivity index (χ2v) is 7.97. The Morgan fingerprint density at radius 2 is 1.91 bits per heavy atom. The summed E-state index contributed by atoms with van der Waals surface area (Å²) in [6, 6.07) is 0. The topological polar surface area (TPSA) is 46.6 Å². The summed E-state index contributed by atoms with van der Waals surface area (Å²) in [7, 11) is 0. The number of Topliss-reactive ketones (excluding diaryl/α,β-unsaturated/α-hetero) is 1. The number of rotatable bonds is 1. The first-order valence-electron chi connectivity index (χ1n) is 9.00. The molecule has 1 spiro atoms. The number of nitrogens with zero attached hydrogens (tertiary/aromatic N) is 1. The number of hydrogen-bond donors (Lipinski definition) is 0. The largest absolute Gasteiger partial charge is 0.462 e. The van der Waals surface area contributed by atoms with Gasteiger partial charge in [-0.05, 0) is 57.5 Å². The molecule has 0 aromatic heterocycles. The van der Waals surface area contributed by atoms with Crippen LogP contribution in [0.4, 0.5) is 0 Å². The summed E-state index contributed by atoms with van der Waals surface area (Å²) in [5.74, 6) is 1.46. The van der Waals surface area contributed by atoms with Crippen LogP contribution in [-0.2, 0) is 14.3 Å². The van der Waals surface area contributed by atoms with Gasteiger partial charge in [-0.15, -0.1) is 0 Å². The van der Waals surface area contributed by atoms with Crippen molar-refractivity contribution in [3.8, 4) is 0 Å². The molecule has 122 valence electrons. The number of carbonyl (C=O) groups is 2. The summed E-state index contributed by atoms with van der Waals surface area (Å²) in [5, 5.41) is 0. The molecule has 2 bridgehead atoms. The highest BCUT2D eigenvalue weighted by atomic mass is 16.5. The summed E-state index contributed by atoms with van der Waals surface area (Å²) in [6.45, 7) is 5.94. The molecular formula is C18H27NO3. The molecule has 4 fully saturated rings. The average molecular weight is 305 g/mol. The zero-order valence-corrected chi connectivity index (χ0v) is 13.7. The number of hydrogen-bond acceptors (Lipinski definition) is 4. The Morgan fingerprint density at radius 3 is 2.59 bits per heavy atom. The third kappa shape index (κ3) is 1.85. The zero-order valence-electron chi connectivity index (χ0n) is 13.7. The lowest BCUT2D eigenvalue weighted by Crippen LogP contribution is -2.73. The van der Waals surface area contributed by atoms with Crippen LogP contribution in [0, 0.1) is 23.7 Å². The van der Waals surface area contributed by atoms with E-state index < -0.39 is 0 Å². The summed E-state index contributed by atoms with van der Waals surface area (Å²) < 4.78 is 5.72. The Balaban J connectivity index is 1.78. The van der Waals surface area contributed by atoms with Crippen molar-refractivity contribution in [2.75, 3.05) is 13.1 Å². The van der Waals surface area contributed by atoms with Crippen molar-refractivity contribution < 1.29 is 14.3 Å². The Labute approximate surface area is 132 Å². The van der Waals surface area contributed by atoms with Crippen LogP contribution in [0.1, 0.15) is 52.4 Å². The molecule has 0 aromatic rings. The molecule has 4 rings (SSSR count). The van der Waals surface area contributed by atoms with E-state index in [1.807, 2.05) is 0 Å². The van der Waals surface area contributed by atoms with Crippen LogP contribution in [0.5, 0.6) is 0 Å². The third-order valence-corrected chi connectivity index (χ3v) is 6.98. The normalized spacial score (nSPS) is 47.7. The van der Waals surface area contributed by atoms with Crippen LogP contribution < -0.4 is 0 Å². The van der Waals surface area contributed by atoms with Gasteiger partial charge in [-0.2, -0.15) is 0 Å². The lowest BCUT2D eigenvalue weighted by molar-refractivity contribution is -0.206. The number of piperidine rings is 2. The molecule has 2 saturated heterocycles. The van der Waals surface area contributed by atoms with Crippen LogP contribution in [0.3, 0.4) is 0 Å². The van der Waals surface area contributed by atoms with Gasteiger partial charge in [-0.25, -0.2) is 0 Å². The molecule has 4 aliphatic rings. The molecule has 4 heteroatoms. The van der Waals surface area contributed by atoms with Crippen molar-refractivity contribution in [3.05, 3.63) is 0 Å². The Hall–Kier alpha value is -0.900. The van der Waals surface area contributed by atoms with E-state index in [9.17, 15) is 9.59 Å². The molecular weight excluding hydrogens is 278 g/mol. The SMILES string of the molecule is CC(=O)OC1CC2C(=O)C(C)CC34C1CCCN3CCCC24. The van der Waals surface area contributed by atoms with E-state index in [4.69, 9.17) is 4.74 Å². The van der Waals surface area contributed by atoms with E-state index in [-0.39, 0.29) is 29.4 Å². The van der Waals surface area contributed by atoms with E-state index in [1.54, 1.807) is 0 Å². The maximum absolute atomic E-state index is 12.8. The second kappa shape index (κ2) is 5.05.